The fraction of sp³-hybridized carbons (Fsp3) is 0.222. The first-order valence-corrected chi connectivity index (χ1v) is 13.2. The minimum Gasteiger partial charge on any atom is -0.494 e. The molecule has 5 heterocycles. The van der Waals surface area contributed by atoms with E-state index < -0.39 is 0 Å². The number of aliphatic hydroxyl groups excluding tert-OH is 1. The van der Waals surface area contributed by atoms with Crippen molar-refractivity contribution in [3.05, 3.63) is 71.2 Å². The summed E-state index contributed by atoms with van der Waals surface area (Å²) in [6.45, 7) is 1.87. The fourth-order valence-corrected chi connectivity index (χ4v) is 5.62. The van der Waals surface area contributed by atoms with Crippen LogP contribution in [0.3, 0.4) is 0 Å². The molecule has 6 rings (SSSR count). The molecule has 1 aliphatic carbocycles. The van der Waals surface area contributed by atoms with Gasteiger partial charge >= 0.3 is 0 Å². The number of amides is 1. The number of hydrogen-bond donors (Lipinski definition) is 2. The number of carbonyl (C=O) groups is 1. The first-order chi connectivity index (χ1) is 18.4. The summed E-state index contributed by atoms with van der Waals surface area (Å²) >= 11 is 7.53. The van der Waals surface area contributed by atoms with E-state index in [9.17, 15) is 9.90 Å². The largest absolute Gasteiger partial charge is 0.494 e. The van der Waals surface area contributed by atoms with Gasteiger partial charge in [0.25, 0.3) is 5.91 Å². The topological polar surface area (TPSA) is 115 Å². The second kappa shape index (κ2) is 9.79. The van der Waals surface area contributed by atoms with Crippen LogP contribution in [-0.2, 0) is 0 Å². The Labute approximate surface area is 226 Å². The van der Waals surface area contributed by atoms with Crippen LogP contribution in [0, 0.1) is 6.92 Å². The van der Waals surface area contributed by atoms with Crippen molar-refractivity contribution in [1.29, 1.82) is 0 Å². The minimum atomic E-state index is -0.340. The van der Waals surface area contributed by atoms with Gasteiger partial charge in [-0.15, -0.1) is 0 Å². The van der Waals surface area contributed by atoms with Gasteiger partial charge in [-0.3, -0.25) is 10.1 Å². The molecule has 0 aromatic carbocycles. The van der Waals surface area contributed by atoms with Crippen molar-refractivity contribution in [2.75, 3.05) is 12.4 Å². The average Bonchev–Trinajstić information content (AvgIpc) is 3.50. The molecule has 5 aromatic heterocycles. The van der Waals surface area contributed by atoms with Crippen LogP contribution in [0.5, 0.6) is 5.75 Å². The van der Waals surface area contributed by atoms with Crippen molar-refractivity contribution in [1.82, 2.24) is 24.3 Å². The van der Waals surface area contributed by atoms with E-state index in [0.29, 0.717) is 39.5 Å². The zero-order chi connectivity index (χ0) is 26.4. The van der Waals surface area contributed by atoms with E-state index in [2.05, 4.69) is 20.3 Å². The molecule has 2 N–H and O–H groups in total. The van der Waals surface area contributed by atoms with Crippen molar-refractivity contribution in [3.8, 4) is 16.9 Å². The van der Waals surface area contributed by atoms with E-state index in [4.69, 9.17) is 21.3 Å². The monoisotopic (exact) mass is 546 g/mol. The summed E-state index contributed by atoms with van der Waals surface area (Å²) < 4.78 is 7.38. The Kier molecular flexibility index (Phi) is 6.30. The molecule has 1 amide bonds. The van der Waals surface area contributed by atoms with E-state index in [1.165, 1.54) is 17.5 Å². The highest BCUT2D eigenvalue weighted by Crippen LogP contribution is 2.36. The Morgan fingerprint density at radius 1 is 1.21 bits per heavy atom. The predicted octanol–water partition coefficient (Wildman–Crippen LogP) is 5.55. The number of allylic oxidation sites excluding steroid dienone is 1. The second-order valence-electron chi connectivity index (χ2n) is 9.06. The van der Waals surface area contributed by atoms with E-state index in [0.717, 1.165) is 40.3 Å². The third kappa shape index (κ3) is 4.51. The molecular formula is C27H23ClN6O3S. The predicted molar refractivity (Wildman–Crippen MR) is 148 cm³/mol. The van der Waals surface area contributed by atoms with Crippen LogP contribution in [0.1, 0.15) is 41.1 Å². The second-order valence-corrected chi connectivity index (χ2v) is 10.4. The molecule has 9 nitrogen and oxygen atoms in total. The van der Waals surface area contributed by atoms with Gasteiger partial charge in [-0.05, 0) is 56.0 Å². The van der Waals surface area contributed by atoms with Gasteiger partial charge in [0.15, 0.2) is 5.13 Å². The number of aliphatic hydroxyl groups is 1. The number of hydrogen-bond acceptors (Lipinski definition) is 8. The minimum absolute atomic E-state index is 0.285. The smallest absolute Gasteiger partial charge is 0.259 e. The average molecular weight is 547 g/mol. The van der Waals surface area contributed by atoms with Gasteiger partial charge < -0.3 is 14.2 Å². The number of ether oxygens (including phenoxy) is 1. The van der Waals surface area contributed by atoms with Crippen LogP contribution < -0.4 is 10.1 Å². The molecule has 0 bridgehead atoms. The van der Waals surface area contributed by atoms with Gasteiger partial charge in [-0.1, -0.05) is 29.0 Å². The number of halogens is 1. The first kappa shape index (κ1) is 24.5. The van der Waals surface area contributed by atoms with E-state index in [1.54, 1.807) is 25.6 Å². The molecular weight excluding hydrogens is 524 g/mol. The van der Waals surface area contributed by atoms with E-state index in [-0.39, 0.29) is 17.2 Å². The Morgan fingerprint density at radius 3 is 2.87 bits per heavy atom. The number of imidazole rings is 1. The number of aryl methyl sites for hydroxylation is 1. The number of carbonyl (C=O) groups excluding carboxylic acids is 1. The van der Waals surface area contributed by atoms with E-state index >= 15 is 0 Å². The number of anilines is 1. The molecule has 1 unspecified atom stereocenters. The van der Waals surface area contributed by atoms with Crippen molar-refractivity contribution in [3.63, 3.8) is 0 Å². The third-order valence-corrected chi connectivity index (χ3v) is 7.72. The number of fused-ring (bicyclic) bond motifs is 2. The van der Waals surface area contributed by atoms with Crippen LogP contribution in [0.25, 0.3) is 32.6 Å². The summed E-state index contributed by atoms with van der Waals surface area (Å²) in [4.78, 5) is 32.2. The quantitative estimate of drug-likeness (QED) is 0.278. The highest BCUT2D eigenvalue weighted by molar-refractivity contribution is 7.22. The van der Waals surface area contributed by atoms with Gasteiger partial charge in [0, 0.05) is 17.3 Å². The molecule has 192 valence electrons. The number of aromatic nitrogens is 5. The number of nitrogens with zero attached hydrogens (tertiary/aromatic N) is 5. The molecule has 5 aromatic rings. The van der Waals surface area contributed by atoms with Crippen molar-refractivity contribution in [2.24, 2.45) is 0 Å². The summed E-state index contributed by atoms with van der Waals surface area (Å²) in [6, 6.07) is 7.40. The summed E-state index contributed by atoms with van der Waals surface area (Å²) in [7, 11) is 1.55. The summed E-state index contributed by atoms with van der Waals surface area (Å²) in [5.74, 6) is 0.903. The Morgan fingerprint density at radius 2 is 2.08 bits per heavy atom. The Balaban J connectivity index is 1.38. The standard InChI is InChI=1S/C27H23ClN6O3S/c1-14-29-11-16-9-18(19-10-24(28)30-12-23(19)37-2)20(13-34(14)16)25(36)33-27-32-22-8-7-21(31-26(22)38-27)15-3-5-17(35)6-4-15/h3,7-13,17,35H,4-6H2,1-2H3,(H,32,33,36). The Bertz CT molecular complexity index is 1740. The lowest BCUT2D eigenvalue weighted by atomic mass is 9.95. The summed E-state index contributed by atoms with van der Waals surface area (Å²) in [5, 5.41) is 13.5. The van der Waals surface area contributed by atoms with Crippen LogP contribution >= 0.6 is 22.9 Å². The lowest BCUT2D eigenvalue weighted by Crippen LogP contribution is -2.14. The number of pyridine rings is 3. The maximum atomic E-state index is 13.7. The zero-order valence-corrected chi connectivity index (χ0v) is 22.2. The first-order valence-electron chi connectivity index (χ1n) is 12.0. The van der Waals surface area contributed by atoms with Crippen molar-refractivity contribution >= 4 is 55.4 Å². The molecule has 0 saturated carbocycles. The Hall–Kier alpha value is -3.86. The van der Waals surface area contributed by atoms with Gasteiger partial charge in [0.05, 0.1) is 42.4 Å². The molecule has 0 aliphatic heterocycles. The highest BCUT2D eigenvalue weighted by Gasteiger charge is 2.21. The van der Waals surface area contributed by atoms with Crippen molar-refractivity contribution < 1.29 is 14.6 Å². The molecule has 0 fully saturated rings. The van der Waals surface area contributed by atoms with Crippen LogP contribution in [-0.4, -0.2) is 48.6 Å². The molecule has 11 heteroatoms. The SMILES string of the molecule is COc1cnc(Cl)cc1-c1cc2cnc(C)n2cc1C(=O)Nc1nc2ccc(C3=CCC(O)CC3)nc2s1. The molecule has 1 aliphatic rings. The maximum Gasteiger partial charge on any atom is 0.259 e. The molecule has 0 spiro atoms. The van der Waals surface area contributed by atoms with Crippen LogP contribution in [0.2, 0.25) is 5.15 Å². The third-order valence-electron chi connectivity index (χ3n) is 6.63. The zero-order valence-electron chi connectivity index (χ0n) is 20.6. The molecule has 0 radical (unpaired) electrons. The normalized spacial score (nSPS) is 15.6. The summed E-state index contributed by atoms with van der Waals surface area (Å²) in [6.07, 6.45) is 8.93. The lowest BCUT2D eigenvalue weighted by molar-refractivity contribution is 0.102. The fourth-order valence-electron chi connectivity index (χ4n) is 4.63. The maximum absolute atomic E-state index is 13.7. The number of nitrogens with one attached hydrogen (secondary N) is 1. The van der Waals surface area contributed by atoms with E-state index in [1.807, 2.05) is 35.6 Å². The highest BCUT2D eigenvalue weighted by atomic mass is 35.5. The van der Waals surface area contributed by atoms with Crippen molar-refractivity contribution in [2.45, 2.75) is 32.3 Å². The molecule has 1 atom stereocenters. The van der Waals surface area contributed by atoms with Gasteiger partial charge in [0.1, 0.15) is 27.1 Å². The number of methoxy groups -OCH3 is 1. The van der Waals surface area contributed by atoms with Gasteiger partial charge in [0.2, 0.25) is 0 Å². The van der Waals surface area contributed by atoms with Crippen LogP contribution in [0.15, 0.2) is 48.9 Å². The van der Waals surface area contributed by atoms with Crippen LogP contribution in [0.4, 0.5) is 5.13 Å². The molecule has 0 saturated heterocycles. The summed E-state index contributed by atoms with van der Waals surface area (Å²) in [5.41, 5.74) is 5.19. The van der Waals surface area contributed by atoms with Gasteiger partial charge in [-0.2, -0.15) is 0 Å². The number of thiazole rings is 1. The lowest BCUT2D eigenvalue weighted by Gasteiger charge is -2.16. The number of rotatable bonds is 5. The van der Waals surface area contributed by atoms with Gasteiger partial charge in [-0.25, -0.2) is 19.9 Å². The molecule has 38 heavy (non-hydrogen) atoms.